The lowest BCUT2D eigenvalue weighted by molar-refractivity contribution is -0.130. The number of thiophene rings is 2. The van der Waals surface area contributed by atoms with Crippen molar-refractivity contribution in [2.45, 2.75) is 24.5 Å². The number of hydrogen-bond acceptors (Lipinski definition) is 8. The molecular formula is C21H18N6OS3. The SMILES string of the molecule is Cc1ccccc1-n1nnnc1SCC(=O)N1N=C(c2cccs2)C[C@H]1c1cccs1. The van der Waals surface area contributed by atoms with Crippen LogP contribution < -0.4 is 0 Å². The predicted molar refractivity (Wildman–Crippen MR) is 124 cm³/mol. The standard InChI is InChI=1S/C21H18N6OS3/c1-14-6-2-3-7-16(14)27-21(22-24-25-27)31-13-20(28)26-17(19-9-5-11-30-19)12-15(23-26)18-8-4-10-29-18/h2-11,17H,12-13H2,1H3/t17-/m0/s1. The van der Waals surface area contributed by atoms with E-state index in [4.69, 9.17) is 5.10 Å². The van der Waals surface area contributed by atoms with E-state index in [1.54, 1.807) is 32.4 Å². The van der Waals surface area contributed by atoms with Gasteiger partial charge in [-0.3, -0.25) is 4.79 Å². The van der Waals surface area contributed by atoms with E-state index in [2.05, 4.69) is 21.6 Å². The van der Waals surface area contributed by atoms with Crippen LogP contribution in [0.5, 0.6) is 0 Å². The molecule has 4 heterocycles. The Hall–Kier alpha value is -2.82. The monoisotopic (exact) mass is 466 g/mol. The lowest BCUT2D eigenvalue weighted by Crippen LogP contribution is -2.28. The van der Waals surface area contributed by atoms with E-state index in [0.717, 1.165) is 33.1 Å². The van der Waals surface area contributed by atoms with Gasteiger partial charge in [0.1, 0.15) is 0 Å². The first kappa shape index (κ1) is 20.1. The van der Waals surface area contributed by atoms with Crippen molar-refractivity contribution in [2.24, 2.45) is 5.10 Å². The zero-order chi connectivity index (χ0) is 21.2. The van der Waals surface area contributed by atoms with Gasteiger partial charge in [-0.05, 0) is 51.9 Å². The first-order chi connectivity index (χ1) is 15.2. The van der Waals surface area contributed by atoms with E-state index in [9.17, 15) is 4.79 Å². The van der Waals surface area contributed by atoms with Gasteiger partial charge in [0.25, 0.3) is 5.91 Å². The highest BCUT2D eigenvalue weighted by Gasteiger charge is 2.34. The summed E-state index contributed by atoms with van der Waals surface area (Å²) >= 11 is 4.62. The van der Waals surface area contributed by atoms with Gasteiger partial charge in [0.15, 0.2) is 0 Å². The molecule has 0 spiro atoms. The molecule has 10 heteroatoms. The highest BCUT2D eigenvalue weighted by molar-refractivity contribution is 7.99. The fourth-order valence-corrected chi connectivity index (χ4v) is 5.72. The van der Waals surface area contributed by atoms with Gasteiger partial charge < -0.3 is 0 Å². The maximum Gasteiger partial charge on any atom is 0.253 e. The van der Waals surface area contributed by atoms with E-state index in [1.165, 1.54) is 11.8 Å². The maximum absolute atomic E-state index is 13.2. The van der Waals surface area contributed by atoms with Crippen LogP contribution in [0.1, 0.15) is 27.8 Å². The minimum absolute atomic E-state index is 0.0608. The van der Waals surface area contributed by atoms with Gasteiger partial charge in [-0.2, -0.15) is 9.78 Å². The van der Waals surface area contributed by atoms with Crippen LogP contribution in [0.3, 0.4) is 0 Å². The molecular weight excluding hydrogens is 448 g/mol. The Balaban J connectivity index is 1.36. The predicted octanol–water partition coefficient (Wildman–Crippen LogP) is 4.56. The molecule has 1 aliphatic rings. The van der Waals surface area contributed by atoms with E-state index in [-0.39, 0.29) is 17.7 Å². The van der Waals surface area contributed by atoms with E-state index >= 15 is 0 Å². The second-order valence-corrected chi connectivity index (χ2v) is 9.82. The van der Waals surface area contributed by atoms with E-state index in [0.29, 0.717) is 5.16 Å². The molecule has 5 rings (SSSR count). The van der Waals surface area contributed by atoms with Crippen molar-refractivity contribution in [3.05, 3.63) is 74.6 Å². The summed E-state index contributed by atoms with van der Waals surface area (Å²) in [5, 5.41) is 23.0. The van der Waals surface area contributed by atoms with Crippen LogP contribution in [0.15, 0.2) is 69.5 Å². The van der Waals surface area contributed by atoms with Gasteiger partial charge >= 0.3 is 0 Å². The minimum Gasteiger partial charge on any atom is -0.272 e. The lowest BCUT2D eigenvalue weighted by Gasteiger charge is -2.20. The molecule has 31 heavy (non-hydrogen) atoms. The molecule has 3 aromatic heterocycles. The topological polar surface area (TPSA) is 76.3 Å². The summed E-state index contributed by atoms with van der Waals surface area (Å²) in [7, 11) is 0. The Morgan fingerprint density at radius 2 is 1.97 bits per heavy atom. The summed E-state index contributed by atoms with van der Waals surface area (Å²) in [4.78, 5) is 15.4. The summed E-state index contributed by atoms with van der Waals surface area (Å²) in [6.45, 7) is 2.01. The van der Waals surface area contributed by atoms with Gasteiger partial charge in [-0.25, -0.2) is 5.01 Å². The molecule has 0 radical (unpaired) electrons. The third-order valence-electron chi connectivity index (χ3n) is 4.95. The Bertz CT molecular complexity index is 1220. The fraction of sp³-hybridized carbons (Fsp3) is 0.190. The molecule has 0 unspecified atom stereocenters. The van der Waals surface area contributed by atoms with Crippen LogP contribution >= 0.6 is 34.4 Å². The van der Waals surface area contributed by atoms with Crippen molar-refractivity contribution >= 4 is 46.1 Å². The number of carbonyl (C=O) groups excluding carboxylic acids is 1. The van der Waals surface area contributed by atoms with E-state index in [1.807, 2.05) is 60.1 Å². The Morgan fingerprint density at radius 3 is 2.74 bits per heavy atom. The average molecular weight is 467 g/mol. The van der Waals surface area contributed by atoms with Crippen molar-refractivity contribution in [1.82, 2.24) is 25.2 Å². The van der Waals surface area contributed by atoms with Crippen LogP contribution in [-0.2, 0) is 4.79 Å². The number of hydrogen-bond donors (Lipinski definition) is 0. The van der Waals surface area contributed by atoms with Gasteiger partial charge in [-0.15, -0.1) is 27.8 Å². The Labute approximate surface area is 191 Å². The third kappa shape index (κ3) is 4.06. The molecule has 1 aliphatic heterocycles. The summed E-state index contributed by atoms with van der Waals surface area (Å²) in [6.07, 6.45) is 0.721. The van der Waals surface area contributed by atoms with Crippen molar-refractivity contribution < 1.29 is 4.79 Å². The molecule has 0 N–H and O–H groups in total. The molecule has 1 atom stereocenters. The number of carbonyl (C=O) groups is 1. The largest absolute Gasteiger partial charge is 0.272 e. The molecule has 4 aromatic rings. The highest BCUT2D eigenvalue weighted by atomic mass is 32.2. The summed E-state index contributed by atoms with van der Waals surface area (Å²) in [6, 6.07) is 15.9. The third-order valence-corrected chi connectivity index (χ3v) is 7.75. The lowest BCUT2D eigenvalue weighted by atomic mass is 10.1. The summed E-state index contributed by atoms with van der Waals surface area (Å²) < 4.78 is 1.67. The molecule has 0 saturated heterocycles. The highest BCUT2D eigenvalue weighted by Crippen LogP contribution is 2.36. The van der Waals surface area contributed by atoms with Gasteiger partial charge in [0, 0.05) is 11.3 Å². The number of nitrogens with zero attached hydrogens (tertiary/aromatic N) is 6. The van der Waals surface area contributed by atoms with Crippen LogP contribution in [-0.4, -0.2) is 42.6 Å². The second-order valence-electron chi connectivity index (χ2n) is 6.95. The van der Waals surface area contributed by atoms with Gasteiger partial charge in [-0.1, -0.05) is 42.1 Å². The number of hydrazone groups is 1. The molecule has 1 aromatic carbocycles. The van der Waals surface area contributed by atoms with Crippen LogP contribution in [0, 0.1) is 6.92 Å². The summed E-state index contributed by atoms with van der Waals surface area (Å²) in [5.41, 5.74) is 2.92. The fourth-order valence-electron chi connectivity index (χ4n) is 3.45. The number of benzene rings is 1. The molecule has 0 saturated carbocycles. The zero-order valence-corrected chi connectivity index (χ0v) is 19.0. The smallest absolute Gasteiger partial charge is 0.253 e. The minimum atomic E-state index is -0.0717. The van der Waals surface area contributed by atoms with Crippen LogP contribution in [0.2, 0.25) is 0 Å². The molecule has 7 nitrogen and oxygen atoms in total. The molecule has 0 fully saturated rings. The van der Waals surface area contributed by atoms with Gasteiger partial charge in [0.05, 0.1) is 28.1 Å². The second kappa shape index (κ2) is 8.74. The van der Waals surface area contributed by atoms with Crippen LogP contribution in [0.4, 0.5) is 0 Å². The summed E-state index contributed by atoms with van der Waals surface area (Å²) in [5.74, 6) is 0.143. The maximum atomic E-state index is 13.2. The van der Waals surface area contributed by atoms with Crippen molar-refractivity contribution in [2.75, 3.05) is 5.75 Å². The van der Waals surface area contributed by atoms with Crippen molar-refractivity contribution in [3.8, 4) is 5.69 Å². The number of thioether (sulfide) groups is 1. The van der Waals surface area contributed by atoms with Crippen molar-refractivity contribution in [3.63, 3.8) is 0 Å². The first-order valence-corrected chi connectivity index (χ1v) is 12.4. The molecule has 1 amide bonds. The molecule has 156 valence electrons. The molecule has 0 bridgehead atoms. The average Bonchev–Trinajstić information content (AvgIpc) is 3.58. The van der Waals surface area contributed by atoms with Crippen molar-refractivity contribution in [1.29, 1.82) is 0 Å². The zero-order valence-electron chi connectivity index (χ0n) is 16.6. The molecule has 0 aliphatic carbocycles. The number of aryl methyl sites for hydroxylation is 1. The quantitative estimate of drug-likeness (QED) is 0.389. The number of amides is 1. The Morgan fingerprint density at radius 1 is 1.13 bits per heavy atom. The number of rotatable bonds is 6. The number of aromatic nitrogens is 4. The normalized spacial score (nSPS) is 16.0. The Kier molecular flexibility index (Phi) is 5.66. The van der Waals surface area contributed by atoms with Gasteiger partial charge in [0.2, 0.25) is 5.16 Å². The van der Waals surface area contributed by atoms with Crippen LogP contribution in [0.25, 0.3) is 5.69 Å². The first-order valence-electron chi connectivity index (χ1n) is 9.64. The van der Waals surface area contributed by atoms with E-state index < -0.39 is 0 Å². The number of tetrazole rings is 1. The number of para-hydroxylation sites is 1.